The molecule has 0 bridgehead atoms. The van der Waals surface area contributed by atoms with E-state index in [9.17, 15) is 0 Å². The van der Waals surface area contributed by atoms with Crippen LogP contribution in [0.25, 0.3) is 0 Å². The number of nitrogens with one attached hydrogen (secondary N) is 2. The Morgan fingerprint density at radius 2 is 1.72 bits per heavy atom. The molecule has 0 radical (unpaired) electrons. The molecule has 0 atom stereocenters. The highest BCUT2D eigenvalue weighted by atomic mass is 35.5. The van der Waals surface area contributed by atoms with Crippen LogP contribution in [0.3, 0.4) is 0 Å². The summed E-state index contributed by atoms with van der Waals surface area (Å²) < 4.78 is 0. The molecule has 1 heterocycles. The van der Waals surface area contributed by atoms with Crippen LogP contribution >= 0.6 is 23.2 Å². The van der Waals surface area contributed by atoms with Crippen LogP contribution < -0.4 is 10.6 Å². The number of nitriles is 1. The molecule has 2 aromatic carbocycles. The number of rotatable bonds is 4. The van der Waals surface area contributed by atoms with E-state index < -0.39 is 0 Å². The molecule has 0 fully saturated rings. The van der Waals surface area contributed by atoms with E-state index in [-0.39, 0.29) is 0 Å². The van der Waals surface area contributed by atoms with Gasteiger partial charge in [-0.2, -0.15) is 5.26 Å². The molecule has 25 heavy (non-hydrogen) atoms. The summed E-state index contributed by atoms with van der Waals surface area (Å²) in [6, 6.07) is 16.2. The Labute approximate surface area is 155 Å². The number of aryl methyl sites for hydroxylation is 1. The van der Waals surface area contributed by atoms with Gasteiger partial charge in [-0.3, -0.25) is 0 Å². The number of hydrogen-bond donors (Lipinski definition) is 2. The second-order valence-electron chi connectivity index (χ2n) is 5.25. The third kappa shape index (κ3) is 4.38. The van der Waals surface area contributed by atoms with Crippen LogP contribution in [0.5, 0.6) is 0 Å². The van der Waals surface area contributed by atoms with Gasteiger partial charge in [0.05, 0.1) is 22.3 Å². The van der Waals surface area contributed by atoms with Crippen molar-refractivity contribution in [1.82, 2.24) is 9.97 Å². The van der Waals surface area contributed by atoms with Crippen molar-refractivity contribution >= 4 is 46.2 Å². The third-order valence-electron chi connectivity index (χ3n) is 3.30. The van der Waals surface area contributed by atoms with Crippen molar-refractivity contribution in [2.75, 3.05) is 10.6 Å². The average Bonchev–Trinajstić information content (AvgIpc) is 2.57. The highest BCUT2D eigenvalue weighted by molar-refractivity contribution is 6.36. The second-order valence-corrected chi connectivity index (χ2v) is 6.10. The summed E-state index contributed by atoms with van der Waals surface area (Å²) in [7, 11) is 0. The minimum Gasteiger partial charge on any atom is -0.340 e. The van der Waals surface area contributed by atoms with E-state index in [1.54, 1.807) is 43.3 Å². The zero-order valence-electron chi connectivity index (χ0n) is 13.2. The third-order valence-corrected chi connectivity index (χ3v) is 3.84. The van der Waals surface area contributed by atoms with E-state index >= 15 is 0 Å². The molecule has 7 heteroatoms. The first-order valence-electron chi connectivity index (χ1n) is 7.38. The minimum atomic E-state index is 0.500. The molecule has 0 saturated heterocycles. The van der Waals surface area contributed by atoms with Gasteiger partial charge in [-0.1, -0.05) is 29.3 Å². The van der Waals surface area contributed by atoms with Crippen molar-refractivity contribution in [3.63, 3.8) is 0 Å². The Balaban J connectivity index is 1.86. The van der Waals surface area contributed by atoms with Gasteiger partial charge in [-0.05, 0) is 43.3 Å². The van der Waals surface area contributed by atoms with Crippen LogP contribution in [0.4, 0.5) is 23.0 Å². The lowest BCUT2D eigenvalue weighted by atomic mass is 10.2. The number of anilines is 4. The Bertz CT molecular complexity index is 966. The van der Waals surface area contributed by atoms with E-state index in [0.717, 1.165) is 5.69 Å². The van der Waals surface area contributed by atoms with Crippen LogP contribution in [0, 0.1) is 18.3 Å². The molecule has 0 aliphatic carbocycles. The summed E-state index contributed by atoms with van der Waals surface area (Å²) in [6.45, 7) is 1.80. The van der Waals surface area contributed by atoms with Crippen molar-refractivity contribution in [2.24, 2.45) is 0 Å². The summed E-state index contributed by atoms with van der Waals surface area (Å²) >= 11 is 12.1. The quantitative estimate of drug-likeness (QED) is 0.639. The average molecular weight is 370 g/mol. The van der Waals surface area contributed by atoms with E-state index in [2.05, 4.69) is 26.7 Å². The van der Waals surface area contributed by atoms with E-state index in [1.807, 2.05) is 12.1 Å². The van der Waals surface area contributed by atoms with Gasteiger partial charge in [-0.25, -0.2) is 9.97 Å². The van der Waals surface area contributed by atoms with Crippen molar-refractivity contribution in [3.8, 4) is 6.07 Å². The highest BCUT2D eigenvalue weighted by Crippen LogP contribution is 2.28. The molecule has 5 nitrogen and oxygen atoms in total. The summed E-state index contributed by atoms with van der Waals surface area (Å²) in [5.74, 6) is 1.79. The van der Waals surface area contributed by atoms with Crippen LogP contribution in [0.1, 0.15) is 11.4 Å². The summed E-state index contributed by atoms with van der Waals surface area (Å²) in [5, 5.41) is 16.4. The van der Waals surface area contributed by atoms with Crippen molar-refractivity contribution in [3.05, 3.63) is 70.0 Å². The Hall–Kier alpha value is -2.81. The fourth-order valence-corrected chi connectivity index (χ4v) is 2.69. The number of halogens is 2. The first-order chi connectivity index (χ1) is 12.0. The Morgan fingerprint density at radius 3 is 2.44 bits per heavy atom. The summed E-state index contributed by atoms with van der Waals surface area (Å²) in [5.41, 5.74) is 2.04. The standard InChI is InChI=1S/C18H13Cl2N5/c1-11-22-17(24-14-4-2-3-12(7-14)10-21)9-18(23-11)25-16-6-5-13(19)8-15(16)20/h2-9H,1H3,(H2,22,23,24,25). The number of aromatic nitrogens is 2. The van der Waals surface area contributed by atoms with Gasteiger partial charge < -0.3 is 10.6 Å². The zero-order chi connectivity index (χ0) is 17.8. The lowest BCUT2D eigenvalue weighted by Gasteiger charge is -2.11. The van der Waals surface area contributed by atoms with Crippen LogP contribution in [0.2, 0.25) is 10.0 Å². The van der Waals surface area contributed by atoms with Crippen LogP contribution in [-0.2, 0) is 0 Å². The SMILES string of the molecule is Cc1nc(Nc2cccc(C#N)c2)cc(Nc2ccc(Cl)cc2Cl)n1. The van der Waals surface area contributed by atoms with Gasteiger partial charge in [0.2, 0.25) is 0 Å². The predicted octanol–water partition coefficient (Wildman–Crippen LogP) is 5.45. The predicted molar refractivity (Wildman–Crippen MR) is 101 cm³/mol. The Morgan fingerprint density at radius 1 is 0.960 bits per heavy atom. The smallest absolute Gasteiger partial charge is 0.136 e. The highest BCUT2D eigenvalue weighted by Gasteiger charge is 2.06. The molecule has 0 spiro atoms. The molecule has 3 rings (SSSR count). The first-order valence-corrected chi connectivity index (χ1v) is 8.14. The molecule has 1 aromatic heterocycles. The number of hydrogen-bond acceptors (Lipinski definition) is 5. The molecule has 0 saturated carbocycles. The minimum absolute atomic E-state index is 0.500. The van der Waals surface area contributed by atoms with Crippen molar-refractivity contribution < 1.29 is 0 Å². The van der Waals surface area contributed by atoms with Crippen molar-refractivity contribution in [1.29, 1.82) is 5.26 Å². The maximum absolute atomic E-state index is 8.99. The molecule has 124 valence electrons. The molecule has 0 amide bonds. The van der Waals surface area contributed by atoms with Gasteiger partial charge >= 0.3 is 0 Å². The van der Waals surface area contributed by atoms with Gasteiger partial charge in [0.15, 0.2) is 0 Å². The zero-order valence-corrected chi connectivity index (χ0v) is 14.7. The normalized spacial score (nSPS) is 10.2. The molecule has 0 unspecified atom stereocenters. The first kappa shape index (κ1) is 17.0. The van der Waals surface area contributed by atoms with Crippen LogP contribution in [-0.4, -0.2) is 9.97 Å². The molecule has 2 N–H and O–H groups in total. The molecular formula is C18H13Cl2N5. The maximum Gasteiger partial charge on any atom is 0.136 e. The lowest BCUT2D eigenvalue weighted by molar-refractivity contribution is 1.06. The molecule has 0 aliphatic heterocycles. The maximum atomic E-state index is 8.99. The van der Waals surface area contributed by atoms with E-state index in [0.29, 0.717) is 38.8 Å². The molecule has 3 aromatic rings. The molecule has 0 aliphatic rings. The second kappa shape index (κ2) is 7.39. The lowest BCUT2D eigenvalue weighted by Crippen LogP contribution is -2.02. The van der Waals surface area contributed by atoms with Gasteiger partial charge in [0.25, 0.3) is 0 Å². The van der Waals surface area contributed by atoms with Gasteiger partial charge in [-0.15, -0.1) is 0 Å². The fraction of sp³-hybridized carbons (Fsp3) is 0.0556. The fourth-order valence-electron chi connectivity index (χ4n) is 2.24. The van der Waals surface area contributed by atoms with E-state index in [4.69, 9.17) is 28.5 Å². The van der Waals surface area contributed by atoms with E-state index in [1.165, 1.54) is 0 Å². The summed E-state index contributed by atoms with van der Waals surface area (Å²) in [4.78, 5) is 8.73. The van der Waals surface area contributed by atoms with Crippen molar-refractivity contribution in [2.45, 2.75) is 6.92 Å². The number of benzene rings is 2. The summed E-state index contributed by atoms with van der Waals surface area (Å²) in [6.07, 6.45) is 0. The number of nitrogens with zero attached hydrogens (tertiary/aromatic N) is 3. The van der Waals surface area contributed by atoms with Gasteiger partial charge in [0, 0.05) is 16.8 Å². The topological polar surface area (TPSA) is 73.6 Å². The van der Waals surface area contributed by atoms with Crippen LogP contribution in [0.15, 0.2) is 48.5 Å². The van der Waals surface area contributed by atoms with Gasteiger partial charge in [0.1, 0.15) is 17.5 Å². The largest absolute Gasteiger partial charge is 0.340 e. The Kier molecular flexibility index (Phi) is 5.03. The monoisotopic (exact) mass is 369 g/mol. The molecular weight excluding hydrogens is 357 g/mol.